The first-order valence-electron chi connectivity index (χ1n) is 9.11. The largest absolute Gasteiger partial charge is 0.326 e. The standard InChI is InChI=1S/C23H19ClN2O2S/c1-15-7-11-22(29-15)21(27)10-12-23(28)26-17-8-9-18(20(24)13-17)19(14-25)16-5-3-2-4-6-16/h2-9,11,13,19H,10,12H2,1H3,(H,26,28). The minimum atomic E-state index is -0.486. The van der Waals surface area contributed by atoms with Gasteiger partial charge in [-0.2, -0.15) is 5.26 Å². The lowest BCUT2D eigenvalue weighted by atomic mass is 9.92. The summed E-state index contributed by atoms with van der Waals surface area (Å²) < 4.78 is 0. The summed E-state index contributed by atoms with van der Waals surface area (Å²) in [6, 6.07) is 20.5. The first-order valence-corrected chi connectivity index (χ1v) is 10.3. The summed E-state index contributed by atoms with van der Waals surface area (Å²) in [6.07, 6.45) is 0.252. The van der Waals surface area contributed by atoms with Crippen molar-refractivity contribution >= 4 is 40.3 Å². The van der Waals surface area contributed by atoms with Crippen molar-refractivity contribution in [1.29, 1.82) is 5.26 Å². The predicted octanol–water partition coefficient (Wildman–Crippen LogP) is 5.97. The van der Waals surface area contributed by atoms with Gasteiger partial charge in [-0.25, -0.2) is 0 Å². The van der Waals surface area contributed by atoms with Gasteiger partial charge in [-0.15, -0.1) is 11.3 Å². The van der Waals surface area contributed by atoms with Gasteiger partial charge in [0.15, 0.2) is 5.78 Å². The molecule has 0 radical (unpaired) electrons. The van der Waals surface area contributed by atoms with E-state index in [4.69, 9.17) is 11.6 Å². The molecule has 4 nitrogen and oxygen atoms in total. The third-order valence-corrected chi connectivity index (χ3v) is 5.82. The molecule has 29 heavy (non-hydrogen) atoms. The molecule has 3 rings (SSSR count). The second-order valence-corrected chi connectivity index (χ2v) is 8.29. The van der Waals surface area contributed by atoms with Crippen LogP contribution in [0.15, 0.2) is 60.7 Å². The van der Waals surface area contributed by atoms with Crippen LogP contribution in [-0.4, -0.2) is 11.7 Å². The number of carbonyl (C=O) groups excluding carboxylic acids is 2. The Kier molecular flexibility index (Phi) is 6.82. The third-order valence-electron chi connectivity index (χ3n) is 4.45. The van der Waals surface area contributed by atoms with Gasteiger partial charge in [-0.3, -0.25) is 9.59 Å². The molecular weight excluding hydrogens is 404 g/mol. The van der Waals surface area contributed by atoms with Crippen molar-refractivity contribution in [3.05, 3.63) is 86.6 Å². The SMILES string of the molecule is Cc1ccc(C(=O)CCC(=O)Nc2ccc(C(C#N)c3ccccc3)c(Cl)c2)s1. The zero-order valence-corrected chi connectivity index (χ0v) is 17.4. The molecule has 1 aromatic heterocycles. The molecular formula is C23H19ClN2O2S. The molecule has 2 aromatic carbocycles. The monoisotopic (exact) mass is 422 g/mol. The number of nitrogens with zero attached hydrogens (tertiary/aromatic N) is 1. The zero-order valence-electron chi connectivity index (χ0n) is 15.8. The summed E-state index contributed by atoms with van der Waals surface area (Å²) >= 11 is 7.82. The number of Topliss-reactive ketones (excluding diaryl/α,β-unsaturated/α-hetero) is 1. The van der Waals surface area contributed by atoms with Crippen molar-refractivity contribution < 1.29 is 9.59 Å². The number of aryl methyl sites for hydroxylation is 1. The number of hydrogen-bond acceptors (Lipinski definition) is 4. The van der Waals surface area contributed by atoms with Crippen molar-refractivity contribution in [3.8, 4) is 6.07 Å². The van der Waals surface area contributed by atoms with Crippen molar-refractivity contribution in [1.82, 2.24) is 0 Å². The van der Waals surface area contributed by atoms with Crippen LogP contribution in [0.3, 0.4) is 0 Å². The van der Waals surface area contributed by atoms with Crippen LogP contribution in [0.4, 0.5) is 5.69 Å². The topological polar surface area (TPSA) is 70.0 Å². The molecule has 1 atom stereocenters. The number of nitriles is 1. The summed E-state index contributed by atoms with van der Waals surface area (Å²) in [5, 5.41) is 12.7. The molecule has 6 heteroatoms. The smallest absolute Gasteiger partial charge is 0.224 e. The van der Waals surface area contributed by atoms with E-state index in [1.54, 1.807) is 24.3 Å². The van der Waals surface area contributed by atoms with Gasteiger partial charge in [0.2, 0.25) is 5.91 Å². The number of rotatable bonds is 7. The second-order valence-electron chi connectivity index (χ2n) is 6.59. The molecule has 1 heterocycles. The molecule has 0 saturated carbocycles. The number of benzene rings is 2. The van der Waals surface area contributed by atoms with Gasteiger partial charge in [-0.1, -0.05) is 48.0 Å². The number of carbonyl (C=O) groups is 2. The maximum atomic E-state index is 12.2. The van der Waals surface area contributed by atoms with Crippen LogP contribution in [0, 0.1) is 18.3 Å². The molecule has 0 aliphatic rings. The third kappa shape index (κ3) is 5.32. The Labute approximate surface area is 178 Å². The van der Waals surface area contributed by atoms with Gasteiger partial charge in [-0.05, 0) is 42.3 Å². The molecule has 0 fully saturated rings. The molecule has 1 unspecified atom stereocenters. The van der Waals surface area contributed by atoms with E-state index in [1.807, 2.05) is 43.3 Å². The van der Waals surface area contributed by atoms with Gasteiger partial charge >= 0.3 is 0 Å². The van der Waals surface area contributed by atoms with Crippen molar-refractivity contribution in [2.24, 2.45) is 0 Å². The fraction of sp³-hybridized carbons (Fsp3) is 0.174. The molecule has 1 amide bonds. The van der Waals surface area contributed by atoms with E-state index in [1.165, 1.54) is 11.3 Å². The highest BCUT2D eigenvalue weighted by molar-refractivity contribution is 7.14. The van der Waals surface area contributed by atoms with Crippen molar-refractivity contribution in [2.45, 2.75) is 25.7 Å². The van der Waals surface area contributed by atoms with Crippen LogP contribution in [0.1, 0.15) is 44.4 Å². The Hall–Kier alpha value is -2.94. The Bertz CT molecular complexity index is 1070. The molecule has 146 valence electrons. The van der Waals surface area contributed by atoms with E-state index < -0.39 is 5.92 Å². The number of anilines is 1. The molecule has 3 aromatic rings. The van der Waals surface area contributed by atoms with Gasteiger partial charge in [0.1, 0.15) is 0 Å². The zero-order chi connectivity index (χ0) is 20.8. The van der Waals surface area contributed by atoms with Crippen molar-refractivity contribution in [2.75, 3.05) is 5.32 Å². The number of halogens is 1. The van der Waals surface area contributed by atoms with Gasteiger partial charge < -0.3 is 5.32 Å². The number of thiophene rings is 1. The highest BCUT2D eigenvalue weighted by atomic mass is 35.5. The van der Waals surface area contributed by atoms with Crippen LogP contribution >= 0.6 is 22.9 Å². The van der Waals surface area contributed by atoms with Crippen LogP contribution in [0.5, 0.6) is 0 Å². The van der Waals surface area contributed by atoms with Crippen LogP contribution in [-0.2, 0) is 4.79 Å². The quantitative estimate of drug-likeness (QED) is 0.477. The molecule has 0 aliphatic carbocycles. The van der Waals surface area contributed by atoms with E-state index in [0.29, 0.717) is 21.2 Å². The fourth-order valence-electron chi connectivity index (χ4n) is 2.97. The maximum absolute atomic E-state index is 12.2. The van der Waals surface area contributed by atoms with Crippen LogP contribution in [0.2, 0.25) is 5.02 Å². The number of nitrogens with one attached hydrogen (secondary N) is 1. The van der Waals surface area contributed by atoms with E-state index in [2.05, 4.69) is 11.4 Å². The van der Waals surface area contributed by atoms with Gasteiger partial charge in [0.05, 0.1) is 16.9 Å². The normalized spacial score (nSPS) is 11.5. The Balaban J connectivity index is 1.63. The number of amides is 1. The van der Waals surface area contributed by atoms with E-state index in [-0.39, 0.29) is 24.5 Å². The average molecular weight is 423 g/mol. The predicted molar refractivity (Wildman–Crippen MR) is 117 cm³/mol. The lowest BCUT2D eigenvalue weighted by Gasteiger charge is -2.13. The summed E-state index contributed by atoms with van der Waals surface area (Å²) in [5.74, 6) is -0.776. The molecule has 0 saturated heterocycles. The Morgan fingerprint density at radius 3 is 2.48 bits per heavy atom. The summed E-state index contributed by atoms with van der Waals surface area (Å²) in [4.78, 5) is 26.1. The highest BCUT2D eigenvalue weighted by Gasteiger charge is 2.17. The highest BCUT2D eigenvalue weighted by Crippen LogP contribution is 2.31. The molecule has 0 aliphatic heterocycles. The van der Waals surface area contributed by atoms with Gasteiger partial charge in [0.25, 0.3) is 0 Å². The second kappa shape index (κ2) is 9.51. The minimum Gasteiger partial charge on any atom is -0.326 e. The summed E-state index contributed by atoms with van der Waals surface area (Å²) in [5.41, 5.74) is 2.07. The first kappa shape index (κ1) is 20.8. The minimum absolute atomic E-state index is 0.0358. The molecule has 1 N–H and O–H groups in total. The maximum Gasteiger partial charge on any atom is 0.224 e. The number of hydrogen-bond donors (Lipinski definition) is 1. The average Bonchev–Trinajstić information content (AvgIpc) is 3.15. The van der Waals surface area contributed by atoms with Crippen LogP contribution in [0.25, 0.3) is 0 Å². The van der Waals surface area contributed by atoms with Crippen LogP contribution < -0.4 is 5.32 Å². The van der Waals surface area contributed by atoms with E-state index >= 15 is 0 Å². The lowest BCUT2D eigenvalue weighted by Crippen LogP contribution is -2.13. The number of ketones is 1. The molecule has 0 bridgehead atoms. The lowest BCUT2D eigenvalue weighted by molar-refractivity contribution is -0.116. The summed E-state index contributed by atoms with van der Waals surface area (Å²) in [7, 11) is 0. The summed E-state index contributed by atoms with van der Waals surface area (Å²) in [6.45, 7) is 1.94. The van der Waals surface area contributed by atoms with Gasteiger partial charge in [0, 0.05) is 28.4 Å². The fourth-order valence-corrected chi connectivity index (χ4v) is 4.09. The molecule has 0 spiro atoms. The van der Waals surface area contributed by atoms with E-state index in [0.717, 1.165) is 10.4 Å². The first-order chi connectivity index (χ1) is 14.0. The Morgan fingerprint density at radius 2 is 1.86 bits per heavy atom. The van der Waals surface area contributed by atoms with E-state index in [9.17, 15) is 14.9 Å². The van der Waals surface area contributed by atoms with Crippen molar-refractivity contribution in [3.63, 3.8) is 0 Å². The Morgan fingerprint density at radius 1 is 1.10 bits per heavy atom.